The highest BCUT2D eigenvalue weighted by atomic mass is 32.1. The van der Waals surface area contributed by atoms with Gasteiger partial charge in [0.05, 0.1) is 5.56 Å². The van der Waals surface area contributed by atoms with Crippen LogP contribution in [0, 0.1) is 16.7 Å². The van der Waals surface area contributed by atoms with Crippen molar-refractivity contribution in [3.8, 4) is 6.07 Å². The average molecular weight is 308 g/mol. The van der Waals surface area contributed by atoms with Gasteiger partial charge in [0.1, 0.15) is 11.1 Å². The van der Waals surface area contributed by atoms with Crippen LogP contribution in [0.3, 0.4) is 0 Å². The lowest BCUT2D eigenvalue weighted by atomic mass is 9.89. The number of fused-ring (bicyclic) bond motifs is 1. The fourth-order valence-corrected chi connectivity index (χ4v) is 3.97. The van der Waals surface area contributed by atoms with Gasteiger partial charge in [-0.15, -0.1) is 11.3 Å². The number of nitrogens with two attached hydrogens (primary N) is 2. The van der Waals surface area contributed by atoms with E-state index in [-0.39, 0.29) is 0 Å². The van der Waals surface area contributed by atoms with Crippen LogP contribution in [0.4, 0.5) is 5.00 Å². The van der Waals surface area contributed by atoms with Crippen molar-refractivity contribution in [3.63, 3.8) is 0 Å². The first-order valence-electron chi connectivity index (χ1n) is 7.03. The molecule has 22 heavy (non-hydrogen) atoms. The summed E-state index contributed by atoms with van der Waals surface area (Å²) in [6, 6.07) is 12.1. The molecule has 0 saturated heterocycles. The Morgan fingerprint density at radius 2 is 1.95 bits per heavy atom. The van der Waals surface area contributed by atoms with Crippen molar-refractivity contribution >= 4 is 27.6 Å². The second-order valence-electron chi connectivity index (χ2n) is 5.30. The SMILES string of the molecule is N#Cc1c(N)sc2c1CCC(N)=C2C(=N)Cc1ccccc1. The second kappa shape index (κ2) is 5.66. The summed E-state index contributed by atoms with van der Waals surface area (Å²) in [4.78, 5) is 0.902. The number of benzene rings is 1. The van der Waals surface area contributed by atoms with Gasteiger partial charge in [0.2, 0.25) is 0 Å². The lowest BCUT2D eigenvalue weighted by molar-refractivity contribution is 0.912. The van der Waals surface area contributed by atoms with E-state index >= 15 is 0 Å². The van der Waals surface area contributed by atoms with Crippen molar-refractivity contribution in [2.45, 2.75) is 19.3 Å². The van der Waals surface area contributed by atoms with Gasteiger partial charge in [0, 0.05) is 28.3 Å². The van der Waals surface area contributed by atoms with E-state index in [0.717, 1.165) is 33.7 Å². The molecule has 110 valence electrons. The fourth-order valence-electron chi connectivity index (χ4n) is 2.80. The highest BCUT2D eigenvalue weighted by Crippen LogP contribution is 2.41. The fraction of sp³-hybridized carbons (Fsp3) is 0.176. The molecule has 1 aromatic heterocycles. The number of nitriles is 1. The minimum Gasteiger partial charge on any atom is -0.401 e. The molecule has 0 atom stereocenters. The number of hydrogen-bond donors (Lipinski definition) is 3. The molecule has 1 aromatic carbocycles. The van der Waals surface area contributed by atoms with Crippen molar-refractivity contribution in [2.24, 2.45) is 5.73 Å². The van der Waals surface area contributed by atoms with Crippen LogP contribution in [0.25, 0.3) is 5.57 Å². The zero-order chi connectivity index (χ0) is 15.7. The third-order valence-corrected chi connectivity index (χ3v) is 4.94. The molecule has 0 bridgehead atoms. The Morgan fingerprint density at radius 3 is 2.64 bits per heavy atom. The number of anilines is 1. The van der Waals surface area contributed by atoms with Crippen molar-refractivity contribution in [1.29, 1.82) is 10.7 Å². The molecule has 1 heterocycles. The zero-order valence-corrected chi connectivity index (χ0v) is 12.8. The Kier molecular flexibility index (Phi) is 3.70. The standard InChI is InChI=1S/C17H16N4S/c18-9-12-11-6-7-13(19)15(16(11)22-17(12)21)14(20)8-10-4-2-1-3-5-10/h1-5,20H,6-8,19,21H2. The van der Waals surface area contributed by atoms with Crippen LogP contribution in [0.2, 0.25) is 0 Å². The van der Waals surface area contributed by atoms with Gasteiger partial charge in [-0.3, -0.25) is 0 Å². The van der Waals surface area contributed by atoms with Gasteiger partial charge in [0.25, 0.3) is 0 Å². The summed E-state index contributed by atoms with van der Waals surface area (Å²) in [6.07, 6.45) is 1.92. The van der Waals surface area contributed by atoms with Crippen molar-refractivity contribution in [2.75, 3.05) is 5.73 Å². The van der Waals surface area contributed by atoms with E-state index in [1.165, 1.54) is 11.3 Å². The molecular formula is C17H16N4S. The molecule has 0 saturated carbocycles. The maximum atomic E-state index is 9.26. The van der Waals surface area contributed by atoms with Gasteiger partial charge in [-0.2, -0.15) is 5.26 Å². The van der Waals surface area contributed by atoms with E-state index in [2.05, 4.69) is 6.07 Å². The van der Waals surface area contributed by atoms with Crippen LogP contribution >= 0.6 is 11.3 Å². The topological polar surface area (TPSA) is 99.7 Å². The molecule has 1 aliphatic rings. The number of hydrogen-bond acceptors (Lipinski definition) is 5. The highest BCUT2D eigenvalue weighted by Gasteiger charge is 2.27. The monoisotopic (exact) mass is 308 g/mol. The van der Waals surface area contributed by atoms with Crippen molar-refractivity contribution in [3.05, 3.63) is 57.6 Å². The molecule has 0 radical (unpaired) electrons. The van der Waals surface area contributed by atoms with E-state index in [0.29, 0.717) is 29.1 Å². The summed E-state index contributed by atoms with van der Waals surface area (Å²) in [5.74, 6) is 0. The molecule has 4 nitrogen and oxygen atoms in total. The number of nitrogens with zero attached hydrogens (tertiary/aromatic N) is 1. The van der Waals surface area contributed by atoms with E-state index in [9.17, 15) is 5.26 Å². The van der Waals surface area contributed by atoms with Gasteiger partial charge < -0.3 is 16.9 Å². The van der Waals surface area contributed by atoms with E-state index < -0.39 is 0 Å². The number of rotatable bonds is 3. The largest absolute Gasteiger partial charge is 0.401 e. The first-order chi connectivity index (χ1) is 10.6. The van der Waals surface area contributed by atoms with E-state index in [4.69, 9.17) is 16.9 Å². The molecule has 2 aromatic rings. The number of nitrogens with one attached hydrogen (secondary N) is 1. The smallest absolute Gasteiger partial charge is 0.105 e. The molecule has 0 amide bonds. The van der Waals surface area contributed by atoms with Gasteiger partial charge >= 0.3 is 0 Å². The Hall–Kier alpha value is -2.58. The van der Waals surface area contributed by atoms with Crippen molar-refractivity contribution < 1.29 is 0 Å². The average Bonchev–Trinajstić information content (AvgIpc) is 2.83. The Labute approximate surface area is 133 Å². The molecule has 5 heteroatoms. The minimum absolute atomic E-state index is 0.482. The lowest BCUT2D eigenvalue weighted by Crippen LogP contribution is -2.16. The summed E-state index contributed by atoms with van der Waals surface area (Å²) < 4.78 is 0. The maximum Gasteiger partial charge on any atom is 0.105 e. The van der Waals surface area contributed by atoms with Crippen LogP contribution in [-0.4, -0.2) is 5.71 Å². The second-order valence-corrected chi connectivity index (χ2v) is 6.35. The Balaban J connectivity index is 2.00. The lowest BCUT2D eigenvalue weighted by Gasteiger charge is -2.19. The minimum atomic E-state index is 0.482. The molecule has 1 aliphatic carbocycles. The van der Waals surface area contributed by atoms with E-state index in [1.807, 2.05) is 30.3 Å². The van der Waals surface area contributed by atoms with E-state index in [1.54, 1.807) is 0 Å². The van der Waals surface area contributed by atoms with Crippen LogP contribution in [0.15, 0.2) is 36.0 Å². The van der Waals surface area contributed by atoms with Crippen LogP contribution in [0.1, 0.15) is 28.0 Å². The predicted octanol–water partition coefficient (Wildman–Crippen LogP) is 3.08. The number of allylic oxidation sites excluding steroid dienone is 2. The molecule has 0 unspecified atom stereocenters. The molecule has 0 aliphatic heterocycles. The molecule has 3 rings (SSSR count). The Bertz CT molecular complexity index is 809. The molecule has 0 fully saturated rings. The van der Waals surface area contributed by atoms with Gasteiger partial charge in [-0.1, -0.05) is 30.3 Å². The zero-order valence-electron chi connectivity index (χ0n) is 12.0. The maximum absolute atomic E-state index is 9.26. The van der Waals surface area contributed by atoms with Crippen LogP contribution < -0.4 is 11.5 Å². The molecule has 0 spiro atoms. The first-order valence-corrected chi connectivity index (χ1v) is 7.85. The van der Waals surface area contributed by atoms with Crippen LogP contribution in [-0.2, 0) is 12.8 Å². The van der Waals surface area contributed by atoms with Crippen LogP contribution in [0.5, 0.6) is 0 Å². The number of thiophene rings is 1. The van der Waals surface area contributed by atoms with Gasteiger partial charge in [-0.25, -0.2) is 0 Å². The summed E-state index contributed by atoms with van der Waals surface area (Å²) in [6.45, 7) is 0. The van der Waals surface area contributed by atoms with Gasteiger partial charge in [-0.05, 0) is 24.0 Å². The summed E-state index contributed by atoms with van der Waals surface area (Å²) in [7, 11) is 0. The molecule has 5 N–H and O–H groups in total. The third-order valence-electron chi connectivity index (χ3n) is 3.86. The summed E-state index contributed by atoms with van der Waals surface area (Å²) >= 11 is 1.37. The highest BCUT2D eigenvalue weighted by molar-refractivity contribution is 7.17. The first kappa shape index (κ1) is 14.4. The number of nitrogen functional groups attached to an aromatic ring is 1. The van der Waals surface area contributed by atoms with Gasteiger partial charge in [0.15, 0.2) is 0 Å². The predicted molar refractivity (Wildman–Crippen MR) is 90.7 cm³/mol. The molecular weight excluding hydrogens is 292 g/mol. The summed E-state index contributed by atoms with van der Waals surface area (Å²) in [5.41, 5.74) is 16.7. The quantitative estimate of drug-likeness (QED) is 0.760. The van der Waals surface area contributed by atoms with Crippen molar-refractivity contribution in [1.82, 2.24) is 0 Å². The third kappa shape index (κ3) is 2.38. The Morgan fingerprint density at radius 1 is 1.23 bits per heavy atom. The normalized spacial score (nSPS) is 13.6. The summed E-state index contributed by atoms with van der Waals surface area (Å²) in [5, 5.41) is 18.2.